The molecule has 25 heavy (non-hydrogen) atoms. The summed E-state index contributed by atoms with van der Waals surface area (Å²) in [6.07, 6.45) is 3.31. The lowest BCUT2D eigenvalue weighted by atomic mass is 10.2. The predicted octanol–water partition coefficient (Wildman–Crippen LogP) is 3.97. The first kappa shape index (κ1) is 16.0. The normalized spacial score (nSPS) is 11.5. The second-order valence-corrected chi connectivity index (χ2v) is 6.59. The monoisotopic (exact) mass is 351 g/mol. The van der Waals surface area contributed by atoms with Gasteiger partial charge in [-0.15, -0.1) is 0 Å². The first-order valence-electron chi connectivity index (χ1n) is 8.23. The van der Waals surface area contributed by atoms with Crippen LogP contribution in [0.25, 0.3) is 21.9 Å². The number of benzene rings is 1. The minimum atomic E-state index is 0.644. The Morgan fingerprint density at radius 2 is 1.76 bits per heavy atom. The van der Waals surface area contributed by atoms with Crippen molar-refractivity contribution in [2.75, 3.05) is 0 Å². The van der Waals surface area contributed by atoms with E-state index in [0.717, 1.165) is 57.8 Å². The van der Waals surface area contributed by atoms with Crippen LogP contribution in [0.15, 0.2) is 30.5 Å². The van der Waals surface area contributed by atoms with E-state index in [9.17, 15) is 0 Å². The number of imidazole rings is 1. The highest BCUT2D eigenvalue weighted by Gasteiger charge is 2.12. The summed E-state index contributed by atoms with van der Waals surface area (Å²) in [5.41, 5.74) is 4.72. The molecule has 0 aliphatic heterocycles. The minimum absolute atomic E-state index is 0.644. The van der Waals surface area contributed by atoms with Gasteiger partial charge in [-0.3, -0.25) is 4.98 Å². The topological polar surface area (TPSA) is 56.5 Å². The van der Waals surface area contributed by atoms with Crippen LogP contribution in [0.2, 0.25) is 5.02 Å². The Morgan fingerprint density at radius 3 is 2.52 bits per heavy atom. The Bertz CT molecular complexity index is 1080. The van der Waals surface area contributed by atoms with Crippen LogP contribution >= 0.6 is 11.6 Å². The first-order chi connectivity index (χ1) is 12.0. The molecule has 0 fully saturated rings. The SMILES string of the molecule is Cc1nc(CCc2nc3c4cccnc4ccc3n2C)nc(C)c1Cl. The third-order valence-electron chi connectivity index (χ3n) is 4.53. The highest BCUT2D eigenvalue weighted by Crippen LogP contribution is 2.24. The van der Waals surface area contributed by atoms with Crippen molar-refractivity contribution in [3.63, 3.8) is 0 Å². The van der Waals surface area contributed by atoms with E-state index < -0.39 is 0 Å². The number of rotatable bonds is 3. The van der Waals surface area contributed by atoms with Crippen LogP contribution in [0.5, 0.6) is 0 Å². The number of halogens is 1. The molecule has 0 atom stereocenters. The molecule has 0 aliphatic rings. The van der Waals surface area contributed by atoms with Gasteiger partial charge in [0.05, 0.1) is 33.0 Å². The maximum Gasteiger partial charge on any atom is 0.129 e. The molecule has 0 N–H and O–H groups in total. The van der Waals surface area contributed by atoms with Gasteiger partial charge in [-0.05, 0) is 38.1 Å². The van der Waals surface area contributed by atoms with Crippen molar-refractivity contribution in [3.05, 3.63) is 58.5 Å². The van der Waals surface area contributed by atoms with Crippen LogP contribution in [0, 0.1) is 13.8 Å². The van der Waals surface area contributed by atoms with E-state index in [4.69, 9.17) is 16.6 Å². The van der Waals surface area contributed by atoms with Crippen LogP contribution < -0.4 is 0 Å². The second kappa shape index (κ2) is 6.08. The van der Waals surface area contributed by atoms with E-state index in [1.54, 1.807) is 6.20 Å². The minimum Gasteiger partial charge on any atom is -0.331 e. The standard InChI is InChI=1S/C19H18ClN5/c1-11-18(20)12(2)23-16(22-11)8-9-17-24-19-13-5-4-10-21-14(13)6-7-15(19)25(17)3/h4-7,10H,8-9H2,1-3H3. The van der Waals surface area contributed by atoms with Crippen molar-refractivity contribution in [1.29, 1.82) is 0 Å². The summed E-state index contributed by atoms with van der Waals surface area (Å²) in [6, 6.07) is 8.13. The number of nitrogens with zero attached hydrogens (tertiary/aromatic N) is 5. The molecule has 4 rings (SSSR count). The summed E-state index contributed by atoms with van der Waals surface area (Å²) in [7, 11) is 2.05. The number of hydrogen-bond donors (Lipinski definition) is 0. The summed E-state index contributed by atoms with van der Waals surface area (Å²) in [5.74, 6) is 1.82. The molecule has 0 saturated heterocycles. The molecule has 126 valence electrons. The van der Waals surface area contributed by atoms with Gasteiger partial charge in [0.1, 0.15) is 11.6 Å². The largest absolute Gasteiger partial charge is 0.331 e. The highest BCUT2D eigenvalue weighted by atomic mass is 35.5. The smallest absolute Gasteiger partial charge is 0.129 e. The van der Waals surface area contributed by atoms with Gasteiger partial charge >= 0.3 is 0 Å². The molecule has 0 amide bonds. The predicted molar refractivity (Wildman–Crippen MR) is 99.9 cm³/mol. The molecular weight excluding hydrogens is 334 g/mol. The fraction of sp³-hybridized carbons (Fsp3) is 0.263. The third kappa shape index (κ3) is 2.74. The molecule has 1 aromatic carbocycles. The summed E-state index contributed by atoms with van der Waals surface area (Å²) in [6.45, 7) is 3.82. The molecule has 0 spiro atoms. The molecule has 5 nitrogen and oxygen atoms in total. The van der Waals surface area contributed by atoms with Crippen molar-refractivity contribution in [2.24, 2.45) is 7.05 Å². The van der Waals surface area contributed by atoms with Crippen LogP contribution in [0.1, 0.15) is 23.0 Å². The Kier molecular flexibility index (Phi) is 3.88. The van der Waals surface area contributed by atoms with Crippen molar-refractivity contribution in [3.8, 4) is 0 Å². The first-order valence-corrected chi connectivity index (χ1v) is 8.61. The van der Waals surface area contributed by atoms with Crippen LogP contribution in [0.3, 0.4) is 0 Å². The zero-order valence-electron chi connectivity index (χ0n) is 14.4. The molecule has 0 bridgehead atoms. The highest BCUT2D eigenvalue weighted by molar-refractivity contribution is 6.31. The van der Waals surface area contributed by atoms with E-state index in [1.807, 2.05) is 33.0 Å². The van der Waals surface area contributed by atoms with Crippen molar-refractivity contribution in [1.82, 2.24) is 24.5 Å². The van der Waals surface area contributed by atoms with Crippen LogP contribution in [-0.4, -0.2) is 24.5 Å². The number of pyridine rings is 1. The quantitative estimate of drug-likeness (QED) is 0.560. The molecule has 3 aromatic heterocycles. The lowest BCUT2D eigenvalue weighted by Gasteiger charge is -2.06. The zero-order valence-corrected chi connectivity index (χ0v) is 15.2. The average Bonchev–Trinajstić information content (AvgIpc) is 2.94. The van der Waals surface area contributed by atoms with Crippen molar-refractivity contribution >= 4 is 33.5 Å². The number of aromatic nitrogens is 5. The molecule has 4 aromatic rings. The van der Waals surface area contributed by atoms with Crippen LogP contribution in [-0.2, 0) is 19.9 Å². The van der Waals surface area contributed by atoms with E-state index >= 15 is 0 Å². The molecule has 6 heteroatoms. The van der Waals surface area contributed by atoms with E-state index in [1.165, 1.54) is 0 Å². The molecular formula is C19H18ClN5. The van der Waals surface area contributed by atoms with E-state index in [0.29, 0.717) is 5.02 Å². The Hall–Kier alpha value is -2.53. The Morgan fingerprint density at radius 1 is 1.00 bits per heavy atom. The number of hydrogen-bond acceptors (Lipinski definition) is 4. The Balaban J connectivity index is 1.70. The number of aryl methyl sites for hydroxylation is 5. The summed E-state index contributed by atoms with van der Waals surface area (Å²) in [5, 5.41) is 1.72. The molecule has 0 aliphatic carbocycles. The third-order valence-corrected chi connectivity index (χ3v) is 5.07. The van der Waals surface area contributed by atoms with Gasteiger partial charge in [-0.25, -0.2) is 15.0 Å². The van der Waals surface area contributed by atoms with Gasteiger partial charge in [-0.2, -0.15) is 0 Å². The lowest BCUT2D eigenvalue weighted by molar-refractivity contribution is 0.752. The maximum absolute atomic E-state index is 6.15. The van der Waals surface area contributed by atoms with E-state index in [2.05, 4.69) is 31.7 Å². The summed E-state index contributed by atoms with van der Waals surface area (Å²) >= 11 is 6.15. The van der Waals surface area contributed by atoms with Gasteiger partial charge < -0.3 is 4.57 Å². The average molecular weight is 352 g/mol. The maximum atomic E-state index is 6.15. The van der Waals surface area contributed by atoms with Gasteiger partial charge in [-0.1, -0.05) is 11.6 Å². The fourth-order valence-electron chi connectivity index (χ4n) is 3.19. The number of fused-ring (bicyclic) bond motifs is 3. The lowest BCUT2D eigenvalue weighted by Crippen LogP contribution is -2.05. The van der Waals surface area contributed by atoms with Crippen molar-refractivity contribution < 1.29 is 0 Å². The molecule has 3 heterocycles. The van der Waals surface area contributed by atoms with Gasteiger partial charge in [0, 0.05) is 31.5 Å². The summed E-state index contributed by atoms with van der Waals surface area (Å²) in [4.78, 5) is 18.3. The molecule has 0 radical (unpaired) electrons. The zero-order chi connectivity index (χ0) is 17.6. The van der Waals surface area contributed by atoms with Crippen molar-refractivity contribution in [2.45, 2.75) is 26.7 Å². The summed E-state index contributed by atoms with van der Waals surface area (Å²) < 4.78 is 2.14. The van der Waals surface area contributed by atoms with E-state index in [-0.39, 0.29) is 0 Å². The van der Waals surface area contributed by atoms with Gasteiger partial charge in [0.25, 0.3) is 0 Å². The fourth-order valence-corrected chi connectivity index (χ4v) is 3.27. The second-order valence-electron chi connectivity index (χ2n) is 6.22. The van der Waals surface area contributed by atoms with Gasteiger partial charge in [0.2, 0.25) is 0 Å². The van der Waals surface area contributed by atoms with Crippen LogP contribution in [0.4, 0.5) is 0 Å². The Labute approximate surface area is 150 Å². The molecule has 0 unspecified atom stereocenters. The molecule has 0 saturated carbocycles. The van der Waals surface area contributed by atoms with Gasteiger partial charge in [0.15, 0.2) is 0 Å².